The topological polar surface area (TPSA) is 67.6 Å². The lowest BCUT2D eigenvalue weighted by Crippen LogP contribution is -2.40. The van der Waals surface area contributed by atoms with E-state index in [9.17, 15) is 13.2 Å². The van der Waals surface area contributed by atoms with Crippen LogP contribution in [0.2, 0.25) is 0 Å². The van der Waals surface area contributed by atoms with Gasteiger partial charge in [0.1, 0.15) is 5.58 Å². The second kappa shape index (κ2) is 5.27. The van der Waals surface area contributed by atoms with E-state index in [0.29, 0.717) is 30.0 Å². The molecule has 0 amide bonds. The van der Waals surface area contributed by atoms with Crippen molar-refractivity contribution in [1.82, 2.24) is 4.31 Å². The minimum Gasteiger partial charge on any atom is -0.422 e. The van der Waals surface area contributed by atoms with Gasteiger partial charge in [0.2, 0.25) is 10.0 Å². The fourth-order valence-corrected chi connectivity index (χ4v) is 4.35. The number of piperidine rings is 1. The van der Waals surface area contributed by atoms with Crippen molar-refractivity contribution in [1.29, 1.82) is 0 Å². The Labute approximate surface area is 123 Å². The third kappa shape index (κ3) is 2.61. The highest BCUT2D eigenvalue weighted by molar-refractivity contribution is 7.89. The van der Waals surface area contributed by atoms with Gasteiger partial charge in [0.25, 0.3) is 0 Å². The lowest BCUT2D eigenvalue weighted by molar-refractivity contribution is 0.280. The van der Waals surface area contributed by atoms with E-state index in [1.54, 1.807) is 24.3 Å². The number of para-hydroxylation sites is 1. The second-order valence-electron chi connectivity index (χ2n) is 5.55. The number of rotatable bonds is 2. The SMILES string of the molecule is CC1CCCN(S(=O)(=O)c2cc3ccccc3oc2=O)C1. The van der Waals surface area contributed by atoms with E-state index in [4.69, 9.17) is 4.42 Å². The summed E-state index contributed by atoms with van der Waals surface area (Å²) in [5, 5.41) is 0.612. The Kier molecular flexibility index (Phi) is 3.59. The van der Waals surface area contributed by atoms with Crippen molar-refractivity contribution in [3.05, 3.63) is 40.8 Å². The molecule has 3 rings (SSSR count). The van der Waals surface area contributed by atoms with Crippen molar-refractivity contribution >= 4 is 21.0 Å². The van der Waals surface area contributed by atoms with E-state index in [0.717, 1.165) is 12.8 Å². The number of benzene rings is 1. The van der Waals surface area contributed by atoms with Gasteiger partial charge in [0, 0.05) is 18.5 Å². The molecule has 5 nitrogen and oxygen atoms in total. The quantitative estimate of drug-likeness (QED) is 0.798. The molecule has 0 saturated carbocycles. The van der Waals surface area contributed by atoms with E-state index in [2.05, 4.69) is 0 Å². The fraction of sp³-hybridized carbons (Fsp3) is 0.400. The molecule has 0 N–H and O–H groups in total. The zero-order valence-electron chi connectivity index (χ0n) is 11.8. The van der Waals surface area contributed by atoms with Crippen LogP contribution in [0.25, 0.3) is 11.0 Å². The van der Waals surface area contributed by atoms with Gasteiger partial charge < -0.3 is 4.42 Å². The number of sulfonamides is 1. The molecule has 1 aromatic heterocycles. The minimum absolute atomic E-state index is 0.268. The van der Waals surface area contributed by atoms with Gasteiger partial charge >= 0.3 is 5.63 Å². The maximum Gasteiger partial charge on any atom is 0.356 e. The Balaban J connectivity index is 2.10. The molecule has 1 unspecified atom stereocenters. The Hall–Kier alpha value is -1.66. The van der Waals surface area contributed by atoms with Crippen molar-refractivity contribution in [3.8, 4) is 0 Å². The maximum atomic E-state index is 12.7. The lowest BCUT2D eigenvalue weighted by Gasteiger charge is -2.29. The van der Waals surface area contributed by atoms with Gasteiger partial charge in [-0.3, -0.25) is 0 Å². The van der Waals surface area contributed by atoms with Crippen LogP contribution in [0.1, 0.15) is 19.8 Å². The van der Waals surface area contributed by atoms with Crippen molar-refractivity contribution in [2.75, 3.05) is 13.1 Å². The fourth-order valence-electron chi connectivity index (χ4n) is 2.73. The summed E-state index contributed by atoms with van der Waals surface area (Å²) in [4.78, 5) is 11.8. The van der Waals surface area contributed by atoms with Crippen molar-refractivity contribution < 1.29 is 12.8 Å². The standard InChI is InChI=1S/C15H17NO4S/c1-11-5-4-8-16(10-11)21(18,19)14-9-12-6-2-3-7-13(12)20-15(14)17/h2-3,6-7,9,11H,4-5,8,10H2,1H3. The average molecular weight is 307 g/mol. The molecule has 0 radical (unpaired) electrons. The monoisotopic (exact) mass is 307 g/mol. The highest BCUT2D eigenvalue weighted by Gasteiger charge is 2.31. The molecule has 1 atom stereocenters. The number of nitrogens with zero attached hydrogens (tertiary/aromatic N) is 1. The number of fused-ring (bicyclic) bond motifs is 1. The van der Waals surface area contributed by atoms with E-state index >= 15 is 0 Å². The summed E-state index contributed by atoms with van der Waals surface area (Å²) in [6.07, 6.45) is 1.83. The molecule has 1 saturated heterocycles. The van der Waals surface area contributed by atoms with Crippen LogP contribution < -0.4 is 5.63 Å². The zero-order valence-corrected chi connectivity index (χ0v) is 12.6. The van der Waals surface area contributed by atoms with Gasteiger partial charge in [0.05, 0.1) is 0 Å². The molecule has 1 aromatic carbocycles. The molecule has 2 aromatic rings. The first-order valence-electron chi connectivity index (χ1n) is 7.01. The molecule has 112 valence electrons. The summed E-state index contributed by atoms with van der Waals surface area (Å²) < 4.78 is 31.9. The summed E-state index contributed by atoms with van der Waals surface area (Å²) in [6.45, 7) is 2.93. The smallest absolute Gasteiger partial charge is 0.356 e. The van der Waals surface area contributed by atoms with E-state index < -0.39 is 15.6 Å². The Morgan fingerprint density at radius 1 is 1.29 bits per heavy atom. The van der Waals surface area contributed by atoms with Crippen LogP contribution >= 0.6 is 0 Å². The van der Waals surface area contributed by atoms with Crippen LogP contribution in [0, 0.1) is 5.92 Å². The number of hydrogen-bond acceptors (Lipinski definition) is 4. The molecule has 6 heteroatoms. The molecular formula is C15H17NO4S. The zero-order chi connectivity index (χ0) is 15.0. The Morgan fingerprint density at radius 2 is 2.05 bits per heavy atom. The predicted molar refractivity (Wildman–Crippen MR) is 79.6 cm³/mol. The van der Waals surface area contributed by atoms with Crippen LogP contribution in [-0.4, -0.2) is 25.8 Å². The predicted octanol–water partition coefficient (Wildman–Crippen LogP) is 2.21. The third-order valence-electron chi connectivity index (χ3n) is 3.85. The first-order chi connectivity index (χ1) is 9.98. The molecule has 1 aliphatic heterocycles. The van der Waals surface area contributed by atoms with Crippen LogP contribution in [0.15, 0.2) is 44.4 Å². The normalized spacial score (nSPS) is 20.7. The second-order valence-corrected chi connectivity index (χ2v) is 7.45. The molecule has 1 fully saturated rings. The first kappa shape index (κ1) is 14.3. The van der Waals surface area contributed by atoms with Crippen molar-refractivity contribution in [2.24, 2.45) is 5.92 Å². The maximum absolute atomic E-state index is 12.7. The Bertz CT molecular complexity index is 825. The third-order valence-corrected chi connectivity index (χ3v) is 5.70. The molecule has 2 heterocycles. The van der Waals surface area contributed by atoms with Crippen LogP contribution in [0.3, 0.4) is 0 Å². The summed E-state index contributed by atoms with van der Waals surface area (Å²) in [6, 6.07) is 8.31. The van der Waals surface area contributed by atoms with Gasteiger partial charge in [-0.1, -0.05) is 25.1 Å². The first-order valence-corrected chi connectivity index (χ1v) is 8.45. The summed E-state index contributed by atoms with van der Waals surface area (Å²) in [7, 11) is -3.79. The van der Waals surface area contributed by atoms with Gasteiger partial charge in [-0.05, 0) is 30.9 Å². The van der Waals surface area contributed by atoms with Gasteiger partial charge in [-0.15, -0.1) is 0 Å². The Morgan fingerprint density at radius 3 is 2.81 bits per heavy atom. The summed E-state index contributed by atoms with van der Waals surface area (Å²) >= 11 is 0. The molecule has 0 aliphatic carbocycles. The molecule has 21 heavy (non-hydrogen) atoms. The molecule has 0 bridgehead atoms. The van der Waals surface area contributed by atoms with E-state index in [1.807, 2.05) is 6.92 Å². The van der Waals surface area contributed by atoms with Crippen molar-refractivity contribution in [2.45, 2.75) is 24.7 Å². The molecule has 0 spiro atoms. The van der Waals surface area contributed by atoms with Crippen LogP contribution in [0.5, 0.6) is 0 Å². The van der Waals surface area contributed by atoms with Gasteiger partial charge in [0.15, 0.2) is 4.90 Å². The molecule has 1 aliphatic rings. The highest BCUT2D eigenvalue weighted by Crippen LogP contribution is 2.23. The average Bonchev–Trinajstić information content (AvgIpc) is 2.46. The minimum atomic E-state index is -3.79. The van der Waals surface area contributed by atoms with E-state index in [1.165, 1.54) is 10.4 Å². The summed E-state index contributed by atoms with van der Waals surface area (Å²) in [5.74, 6) is 0.307. The lowest BCUT2D eigenvalue weighted by atomic mass is 10.0. The van der Waals surface area contributed by atoms with Gasteiger partial charge in [-0.25, -0.2) is 13.2 Å². The van der Waals surface area contributed by atoms with Gasteiger partial charge in [-0.2, -0.15) is 4.31 Å². The number of hydrogen-bond donors (Lipinski definition) is 0. The van der Waals surface area contributed by atoms with Crippen molar-refractivity contribution in [3.63, 3.8) is 0 Å². The largest absolute Gasteiger partial charge is 0.422 e. The van der Waals surface area contributed by atoms with Crippen LogP contribution in [-0.2, 0) is 10.0 Å². The van der Waals surface area contributed by atoms with Crippen LogP contribution in [0.4, 0.5) is 0 Å². The highest BCUT2D eigenvalue weighted by atomic mass is 32.2. The molecular weight excluding hydrogens is 290 g/mol. The van der Waals surface area contributed by atoms with E-state index in [-0.39, 0.29) is 4.90 Å². The summed E-state index contributed by atoms with van der Waals surface area (Å²) in [5.41, 5.74) is -0.402.